The maximum absolute atomic E-state index is 12.2. The van der Waals surface area contributed by atoms with E-state index in [4.69, 9.17) is 5.73 Å². The zero-order valence-electron chi connectivity index (χ0n) is 10.8. The number of nitrogens with two attached hydrogens (primary N) is 1. The van der Waals surface area contributed by atoms with Crippen molar-refractivity contribution >= 4 is 11.7 Å². The summed E-state index contributed by atoms with van der Waals surface area (Å²) in [7, 11) is 0. The molecule has 0 atom stereocenters. The van der Waals surface area contributed by atoms with Gasteiger partial charge in [0.25, 0.3) is 5.91 Å². The molecule has 1 aromatic rings. The predicted molar refractivity (Wildman–Crippen MR) is 69.1 cm³/mol. The van der Waals surface area contributed by atoms with E-state index in [1.165, 1.54) is 12.4 Å². The first-order valence-corrected chi connectivity index (χ1v) is 6.19. The lowest BCUT2D eigenvalue weighted by molar-refractivity contribution is 0.0590. The van der Waals surface area contributed by atoms with E-state index >= 15 is 0 Å². The number of aromatic nitrogens is 2. The lowest BCUT2D eigenvalue weighted by Crippen LogP contribution is -2.50. The lowest BCUT2D eigenvalue weighted by Gasteiger charge is -2.36. The van der Waals surface area contributed by atoms with Crippen LogP contribution in [0.25, 0.3) is 0 Å². The molecular weight excluding hydrogens is 230 g/mol. The van der Waals surface area contributed by atoms with Gasteiger partial charge in [0.05, 0.1) is 0 Å². The van der Waals surface area contributed by atoms with Crippen LogP contribution < -0.4 is 5.73 Å². The van der Waals surface area contributed by atoms with Crippen LogP contribution in [0.4, 0.5) is 5.82 Å². The largest absolute Gasteiger partial charge is 0.382 e. The van der Waals surface area contributed by atoms with Crippen molar-refractivity contribution < 1.29 is 4.79 Å². The molecule has 1 amide bonds. The van der Waals surface area contributed by atoms with Gasteiger partial charge in [-0.3, -0.25) is 9.69 Å². The summed E-state index contributed by atoms with van der Waals surface area (Å²) < 4.78 is 0. The summed E-state index contributed by atoms with van der Waals surface area (Å²) in [5.74, 6) is 0.0813. The van der Waals surface area contributed by atoms with Gasteiger partial charge < -0.3 is 10.6 Å². The molecule has 0 bridgehead atoms. The molecule has 1 fully saturated rings. The molecule has 6 heteroatoms. The average molecular weight is 249 g/mol. The molecule has 2 N–H and O–H groups in total. The first-order chi connectivity index (χ1) is 8.59. The maximum Gasteiger partial charge on any atom is 0.276 e. The Hall–Kier alpha value is -1.69. The fourth-order valence-corrected chi connectivity index (χ4v) is 2.10. The molecule has 98 valence electrons. The monoisotopic (exact) mass is 249 g/mol. The number of hydrogen-bond donors (Lipinski definition) is 1. The number of piperazine rings is 1. The van der Waals surface area contributed by atoms with Crippen molar-refractivity contribution in [2.24, 2.45) is 0 Å². The van der Waals surface area contributed by atoms with E-state index < -0.39 is 0 Å². The van der Waals surface area contributed by atoms with Gasteiger partial charge in [-0.25, -0.2) is 9.97 Å². The number of nitrogens with zero attached hydrogens (tertiary/aromatic N) is 4. The van der Waals surface area contributed by atoms with Crippen molar-refractivity contribution in [2.75, 3.05) is 31.9 Å². The second-order valence-electron chi connectivity index (χ2n) is 4.71. The third-order valence-electron chi connectivity index (χ3n) is 3.26. The Morgan fingerprint density at radius 1 is 1.22 bits per heavy atom. The van der Waals surface area contributed by atoms with Gasteiger partial charge >= 0.3 is 0 Å². The Balaban J connectivity index is 2.02. The number of nitrogen functional groups attached to an aromatic ring is 1. The van der Waals surface area contributed by atoms with E-state index in [0.717, 1.165) is 13.1 Å². The van der Waals surface area contributed by atoms with Gasteiger partial charge in [-0.05, 0) is 13.8 Å². The quantitative estimate of drug-likeness (QED) is 0.811. The van der Waals surface area contributed by atoms with Crippen LogP contribution in [0.2, 0.25) is 0 Å². The first-order valence-electron chi connectivity index (χ1n) is 6.19. The minimum Gasteiger partial charge on any atom is -0.382 e. The Kier molecular flexibility index (Phi) is 3.76. The van der Waals surface area contributed by atoms with Crippen LogP contribution in [0.1, 0.15) is 24.3 Å². The van der Waals surface area contributed by atoms with Crippen molar-refractivity contribution in [1.82, 2.24) is 19.8 Å². The number of anilines is 1. The summed E-state index contributed by atoms with van der Waals surface area (Å²) in [5.41, 5.74) is 5.93. The van der Waals surface area contributed by atoms with Crippen LogP contribution in [0.5, 0.6) is 0 Å². The summed E-state index contributed by atoms with van der Waals surface area (Å²) in [6.45, 7) is 7.55. The van der Waals surface area contributed by atoms with Crippen LogP contribution in [-0.4, -0.2) is 57.9 Å². The van der Waals surface area contributed by atoms with Crippen molar-refractivity contribution in [3.05, 3.63) is 18.1 Å². The molecule has 0 saturated carbocycles. The van der Waals surface area contributed by atoms with E-state index in [9.17, 15) is 4.79 Å². The SMILES string of the molecule is CC(C)N1CCN(C(=O)c2nccnc2N)CC1. The van der Waals surface area contributed by atoms with Gasteiger partial charge in [-0.2, -0.15) is 0 Å². The van der Waals surface area contributed by atoms with Gasteiger partial charge in [-0.15, -0.1) is 0 Å². The Morgan fingerprint density at radius 3 is 2.39 bits per heavy atom. The van der Waals surface area contributed by atoms with Gasteiger partial charge in [0.15, 0.2) is 11.5 Å². The van der Waals surface area contributed by atoms with Crippen LogP contribution >= 0.6 is 0 Å². The smallest absolute Gasteiger partial charge is 0.276 e. The van der Waals surface area contributed by atoms with Crippen LogP contribution in [-0.2, 0) is 0 Å². The third-order valence-corrected chi connectivity index (χ3v) is 3.26. The molecule has 0 aliphatic carbocycles. The number of rotatable bonds is 2. The molecule has 18 heavy (non-hydrogen) atoms. The Bertz CT molecular complexity index is 426. The van der Waals surface area contributed by atoms with Crippen LogP contribution in [0.15, 0.2) is 12.4 Å². The summed E-state index contributed by atoms with van der Waals surface area (Å²) in [5, 5.41) is 0. The molecule has 2 rings (SSSR count). The number of carbonyl (C=O) groups excluding carboxylic acids is 1. The van der Waals surface area contributed by atoms with Gasteiger partial charge in [0.2, 0.25) is 0 Å². The highest BCUT2D eigenvalue weighted by molar-refractivity contribution is 5.96. The molecule has 0 spiro atoms. The highest BCUT2D eigenvalue weighted by Crippen LogP contribution is 2.11. The van der Waals surface area contributed by atoms with Gasteiger partial charge in [0, 0.05) is 44.6 Å². The van der Waals surface area contributed by atoms with E-state index in [1.807, 2.05) is 0 Å². The number of hydrogen-bond acceptors (Lipinski definition) is 5. The molecule has 1 aliphatic heterocycles. The van der Waals surface area contributed by atoms with Crippen molar-refractivity contribution in [2.45, 2.75) is 19.9 Å². The van der Waals surface area contributed by atoms with E-state index in [-0.39, 0.29) is 17.4 Å². The maximum atomic E-state index is 12.2. The second-order valence-corrected chi connectivity index (χ2v) is 4.71. The highest BCUT2D eigenvalue weighted by atomic mass is 16.2. The average Bonchev–Trinajstić information content (AvgIpc) is 2.38. The predicted octanol–water partition coefficient (Wildman–Crippen LogP) is 0.225. The van der Waals surface area contributed by atoms with Gasteiger partial charge in [-0.1, -0.05) is 0 Å². The zero-order valence-corrected chi connectivity index (χ0v) is 10.8. The van der Waals surface area contributed by atoms with Crippen molar-refractivity contribution in [1.29, 1.82) is 0 Å². The Labute approximate surface area is 107 Å². The summed E-state index contributed by atoms with van der Waals surface area (Å²) in [6.07, 6.45) is 2.98. The summed E-state index contributed by atoms with van der Waals surface area (Å²) in [6, 6.07) is 0.517. The summed E-state index contributed by atoms with van der Waals surface area (Å²) >= 11 is 0. The molecule has 0 aromatic carbocycles. The van der Waals surface area contributed by atoms with E-state index in [0.29, 0.717) is 19.1 Å². The number of carbonyl (C=O) groups is 1. The molecule has 1 aliphatic rings. The molecule has 0 radical (unpaired) electrons. The zero-order chi connectivity index (χ0) is 13.1. The Morgan fingerprint density at radius 2 is 1.83 bits per heavy atom. The minimum atomic E-state index is -0.121. The molecule has 6 nitrogen and oxygen atoms in total. The normalized spacial score (nSPS) is 17.2. The van der Waals surface area contributed by atoms with E-state index in [2.05, 4.69) is 28.7 Å². The third kappa shape index (κ3) is 2.59. The first kappa shape index (κ1) is 12.8. The molecule has 0 unspecified atom stereocenters. The van der Waals surface area contributed by atoms with E-state index in [1.54, 1.807) is 4.90 Å². The minimum absolute atomic E-state index is 0.121. The topological polar surface area (TPSA) is 75.3 Å². The fourth-order valence-electron chi connectivity index (χ4n) is 2.10. The second kappa shape index (κ2) is 5.30. The standard InChI is InChI=1S/C12H19N5O/c1-9(2)16-5-7-17(8-6-16)12(18)10-11(13)15-4-3-14-10/h3-4,9H,5-8H2,1-2H3,(H2,13,15). The molecule has 2 heterocycles. The van der Waals surface area contributed by atoms with Crippen molar-refractivity contribution in [3.8, 4) is 0 Å². The highest BCUT2D eigenvalue weighted by Gasteiger charge is 2.25. The number of amides is 1. The van der Waals surface area contributed by atoms with Crippen LogP contribution in [0.3, 0.4) is 0 Å². The van der Waals surface area contributed by atoms with Gasteiger partial charge in [0.1, 0.15) is 0 Å². The molecule has 1 aromatic heterocycles. The fraction of sp³-hybridized carbons (Fsp3) is 0.583. The molecular formula is C12H19N5O. The van der Waals surface area contributed by atoms with Crippen LogP contribution in [0, 0.1) is 0 Å². The van der Waals surface area contributed by atoms with Crippen molar-refractivity contribution in [3.63, 3.8) is 0 Å². The summed E-state index contributed by atoms with van der Waals surface area (Å²) in [4.78, 5) is 24.3. The lowest BCUT2D eigenvalue weighted by atomic mass is 10.2. The molecule has 1 saturated heterocycles.